The Balaban J connectivity index is 2.89. The Kier molecular flexibility index (Phi) is 5.13. The van der Waals surface area contributed by atoms with Crippen molar-refractivity contribution in [1.29, 1.82) is 0 Å². The lowest BCUT2D eigenvalue weighted by Crippen LogP contribution is -1.99. The highest BCUT2D eigenvalue weighted by atomic mass is 31.2. The second-order valence-electron chi connectivity index (χ2n) is 2.49. The monoisotopic (exact) mass is 284 g/mol. The number of hydrogen-bond acceptors (Lipinski definition) is 2. The second-order valence-corrected chi connectivity index (χ2v) is 6.97. The Morgan fingerprint density at radius 2 is 2.13 bits per heavy atom. The summed E-state index contributed by atoms with van der Waals surface area (Å²) in [6.07, 6.45) is 1.44. The molecule has 0 amide bonds. The molecule has 3 unspecified atom stereocenters. The molecule has 0 fully saturated rings. The van der Waals surface area contributed by atoms with Gasteiger partial charge in [0.25, 0.3) is 0 Å². The standard InChI is InChI=1S/C4H9F4N3OP3/c1-2-3-4-12-15-9-13(7)10(5)14(8)11(15)6/h2-4H2,1H3/q+1. The van der Waals surface area contributed by atoms with E-state index in [0.29, 0.717) is 6.42 Å². The summed E-state index contributed by atoms with van der Waals surface area (Å²) in [6, 6.07) is 0. The van der Waals surface area contributed by atoms with Crippen molar-refractivity contribution in [2.45, 2.75) is 19.8 Å². The van der Waals surface area contributed by atoms with Crippen molar-refractivity contribution in [3.63, 3.8) is 0 Å². The number of unbranched alkanes of at least 4 members (excludes halogenated alkanes) is 1. The first kappa shape index (κ1) is 13.0. The van der Waals surface area contributed by atoms with Gasteiger partial charge in [0.2, 0.25) is 0 Å². The minimum absolute atomic E-state index is 0.157. The molecule has 0 aliphatic heterocycles. The first-order chi connectivity index (χ1) is 7.07. The summed E-state index contributed by atoms with van der Waals surface area (Å²) in [5.41, 5.74) is 0. The molecule has 0 aliphatic rings. The zero-order valence-electron chi connectivity index (χ0n) is 7.72. The molecule has 0 radical (unpaired) electrons. The van der Waals surface area contributed by atoms with Gasteiger partial charge in [-0.3, -0.25) is 0 Å². The van der Waals surface area contributed by atoms with Crippen molar-refractivity contribution in [1.82, 2.24) is 13.1 Å². The maximum atomic E-state index is 13.0. The summed E-state index contributed by atoms with van der Waals surface area (Å²) in [5.74, 6) is 0. The fourth-order valence-corrected chi connectivity index (χ4v) is 4.83. The molecule has 0 spiro atoms. The van der Waals surface area contributed by atoms with E-state index in [9.17, 15) is 17.4 Å². The molecule has 88 valence electrons. The number of aromatic nitrogens is 3. The first-order valence-corrected chi connectivity index (χ1v) is 7.50. The lowest BCUT2D eigenvalue weighted by molar-refractivity contribution is 0.357. The van der Waals surface area contributed by atoms with Crippen molar-refractivity contribution in [3.05, 3.63) is 0 Å². The fraction of sp³-hybridized carbons (Fsp3) is 1.00. The predicted molar refractivity (Wildman–Crippen MR) is 52.8 cm³/mol. The molecule has 15 heavy (non-hydrogen) atoms. The summed E-state index contributed by atoms with van der Waals surface area (Å²) in [7, 11) is -8.86. The molecule has 1 heterocycles. The summed E-state index contributed by atoms with van der Waals surface area (Å²) in [4.78, 5) is 0. The summed E-state index contributed by atoms with van der Waals surface area (Å²) >= 11 is 0. The van der Waals surface area contributed by atoms with Gasteiger partial charge >= 0.3 is 24.4 Å². The van der Waals surface area contributed by atoms with Gasteiger partial charge in [-0.2, -0.15) is 0 Å². The van der Waals surface area contributed by atoms with Gasteiger partial charge in [0.1, 0.15) is 0 Å². The van der Waals surface area contributed by atoms with Crippen LogP contribution in [0.25, 0.3) is 0 Å². The van der Waals surface area contributed by atoms with Crippen LogP contribution in [-0.2, 0) is 0 Å². The van der Waals surface area contributed by atoms with Gasteiger partial charge in [-0.25, -0.2) is 4.52 Å². The predicted octanol–water partition coefficient (Wildman–Crippen LogP) is 4.21. The summed E-state index contributed by atoms with van der Waals surface area (Å²) < 4.78 is 57.6. The average Bonchev–Trinajstić information content (AvgIpc) is 2.23. The Labute approximate surface area is 86.5 Å². The van der Waals surface area contributed by atoms with Crippen LogP contribution in [0.3, 0.4) is 0 Å². The molecule has 3 atom stereocenters. The molecule has 11 heteroatoms. The highest BCUT2D eigenvalue weighted by Crippen LogP contribution is 2.45. The van der Waals surface area contributed by atoms with Gasteiger partial charge < -0.3 is 0 Å². The quantitative estimate of drug-likeness (QED) is 0.612. The van der Waals surface area contributed by atoms with Crippen LogP contribution < -0.4 is 4.52 Å². The molecule has 0 saturated carbocycles. The van der Waals surface area contributed by atoms with E-state index in [1.165, 1.54) is 0 Å². The third kappa shape index (κ3) is 3.22. The lowest BCUT2D eigenvalue weighted by atomic mass is 10.4. The molecule has 0 aromatic carbocycles. The van der Waals surface area contributed by atoms with Crippen LogP contribution in [0.4, 0.5) is 17.4 Å². The van der Waals surface area contributed by atoms with Crippen LogP contribution in [-0.4, -0.2) is 19.7 Å². The SMILES string of the molecule is CCCCOp1n[p+](F)n(F)p(F)n1F. The van der Waals surface area contributed by atoms with Gasteiger partial charge in [-0.05, 0) is 10.9 Å². The number of hydrogen-bond donors (Lipinski definition) is 0. The van der Waals surface area contributed by atoms with E-state index >= 15 is 0 Å². The number of rotatable bonds is 4. The molecule has 1 aromatic heterocycles. The van der Waals surface area contributed by atoms with Gasteiger partial charge in [-0.1, -0.05) is 30.7 Å². The van der Waals surface area contributed by atoms with Crippen LogP contribution in [0.2, 0.25) is 0 Å². The van der Waals surface area contributed by atoms with Gasteiger partial charge in [0.05, 0.1) is 6.61 Å². The van der Waals surface area contributed by atoms with Crippen LogP contribution in [0.5, 0.6) is 0 Å². The third-order valence-electron chi connectivity index (χ3n) is 1.40. The third-order valence-corrected chi connectivity index (χ3v) is 5.91. The van der Waals surface area contributed by atoms with Gasteiger partial charge in [-0.15, -0.1) is 0 Å². The second kappa shape index (κ2) is 5.90. The summed E-state index contributed by atoms with van der Waals surface area (Å²) in [5, 5.41) is 0. The molecule has 0 saturated heterocycles. The van der Waals surface area contributed by atoms with Crippen LogP contribution in [0, 0.1) is 0 Å². The Bertz CT molecular complexity index is 367. The zero-order chi connectivity index (χ0) is 11.4. The van der Waals surface area contributed by atoms with E-state index in [4.69, 9.17) is 4.52 Å². The van der Waals surface area contributed by atoms with Crippen molar-refractivity contribution < 1.29 is 21.9 Å². The van der Waals surface area contributed by atoms with Crippen molar-refractivity contribution in [2.24, 2.45) is 0 Å². The fourth-order valence-electron chi connectivity index (χ4n) is 0.678. The molecule has 0 N–H and O–H groups in total. The van der Waals surface area contributed by atoms with E-state index < -0.39 is 33.0 Å². The average molecular weight is 284 g/mol. The van der Waals surface area contributed by atoms with Crippen LogP contribution in [0.1, 0.15) is 19.8 Å². The molecule has 0 aliphatic carbocycles. The van der Waals surface area contributed by atoms with E-state index in [1.54, 1.807) is 0 Å². The minimum Gasteiger partial charge on any atom is -0.242 e. The largest absolute Gasteiger partial charge is 0.415 e. The first-order valence-electron chi connectivity index (χ1n) is 4.05. The Morgan fingerprint density at radius 3 is 2.73 bits per heavy atom. The Morgan fingerprint density at radius 1 is 1.47 bits per heavy atom. The van der Waals surface area contributed by atoms with Crippen molar-refractivity contribution in [3.8, 4) is 0 Å². The van der Waals surface area contributed by atoms with Gasteiger partial charge in [0, 0.05) is 8.63 Å². The topological polar surface area (TPSA) is 32.0 Å². The minimum atomic E-state index is -3.42. The summed E-state index contributed by atoms with van der Waals surface area (Å²) in [6.45, 7) is 2.04. The normalized spacial score (nSPS) is 14.3. The molecule has 4 nitrogen and oxygen atoms in total. The van der Waals surface area contributed by atoms with Crippen molar-refractivity contribution >= 4 is 24.4 Å². The molecule has 0 bridgehead atoms. The molecular weight excluding hydrogens is 275 g/mol. The van der Waals surface area contributed by atoms with Crippen molar-refractivity contribution in [2.75, 3.05) is 6.61 Å². The maximum Gasteiger partial charge on any atom is 0.415 e. The smallest absolute Gasteiger partial charge is 0.242 e. The zero-order valence-corrected chi connectivity index (χ0v) is 10.4. The lowest BCUT2D eigenvalue weighted by Gasteiger charge is -1.98. The van der Waals surface area contributed by atoms with E-state index in [1.807, 2.05) is 6.92 Å². The van der Waals surface area contributed by atoms with Crippen LogP contribution in [0.15, 0.2) is 0 Å². The van der Waals surface area contributed by atoms with E-state index in [2.05, 4.69) is 4.51 Å². The highest BCUT2D eigenvalue weighted by molar-refractivity contribution is 7.59. The highest BCUT2D eigenvalue weighted by Gasteiger charge is 2.26. The van der Waals surface area contributed by atoms with Gasteiger partial charge in [0.15, 0.2) is 0 Å². The van der Waals surface area contributed by atoms with E-state index in [-0.39, 0.29) is 6.61 Å². The number of nitrogens with zero attached hydrogens (tertiary/aromatic N) is 3. The number of halogens is 4. The van der Waals surface area contributed by atoms with E-state index in [0.717, 1.165) is 6.42 Å². The molecule has 1 aromatic rings. The molecular formula is C4H9F4N3OP3+. The Hall–Kier alpha value is -0.0200. The van der Waals surface area contributed by atoms with Crippen LogP contribution >= 0.6 is 24.4 Å². The molecule has 1 rings (SSSR count). The maximum absolute atomic E-state index is 13.0.